The number of ether oxygens (including phenoxy) is 1. The number of nitrogens with zero attached hydrogens (tertiary/aromatic N) is 5. The van der Waals surface area contributed by atoms with Crippen molar-refractivity contribution in [3.05, 3.63) is 72.6 Å². The fourth-order valence-electron chi connectivity index (χ4n) is 3.91. The highest BCUT2D eigenvalue weighted by atomic mass is 16.5. The maximum Gasteiger partial charge on any atom is 0.149 e. The van der Waals surface area contributed by atoms with Crippen LogP contribution in [0.4, 0.5) is 5.69 Å². The number of hydrogen-bond acceptors (Lipinski definition) is 4. The Bertz CT molecular complexity index is 1020. The molecular formula is C24H27N5O. The number of methoxy groups -OCH3 is 1. The summed E-state index contributed by atoms with van der Waals surface area (Å²) in [6, 6.07) is 20.7. The third-order valence-electron chi connectivity index (χ3n) is 5.52. The van der Waals surface area contributed by atoms with Gasteiger partial charge in [-0.2, -0.15) is 5.10 Å². The number of aliphatic imine (C=N–C) groups is 1. The Morgan fingerprint density at radius 2 is 1.63 bits per heavy atom. The van der Waals surface area contributed by atoms with Gasteiger partial charge in [0.25, 0.3) is 0 Å². The van der Waals surface area contributed by atoms with Crippen LogP contribution in [0.5, 0.6) is 5.75 Å². The van der Waals surface area contributed by atoms with Crippen LogP contribution in [0.3, 0.4) is 0 Å². The summed E-state index contributed by atoms with van der Waals surface area (Å²) in [5.74, 6) is 1.78. The first kappa shape index (κ1) is 19.8. The van der Waals surface area contributed by atoms with E-state index in [0.29, 0.717) is 0 Å². The van der Waals surface area contributed by atoms with E-state index in [1.165, 1.54) is 5.69 Å². The highest BCUT2D eigenvalue weighted by Crippen LogP contribution is 2.26. The third-order valence-corrected chi connectivity index (χ3v) is 5.52. The van der Waals surface area contributed by atoms with Crippen LogP contribution in [0.2, 0.25) is 0 Å². The normalized spacial score (nSPS) is 14.7. The molecule has 3 aromatic rings. The topological polar surface area (TPSA) is 45.4 Å². The van der Waals surface area contributed by atoms with Gasteiger partial charge >= 0.3 is 0 Å². The zero-order valence-electron chi connectivity index (χ0n) is 17.5. The van der Waals surface area contributed by atoms with Crippen molar-refractivity contribution in [1.82, 2.24) is 9.58 Å². The van der Waals surface area contributed by atoms with Gasteiger partial charge in [0.2, 0.25) is 0 Å². The molecule has 0 amide bonds. The summed E-state index contributed by atoms with van der Waals surface area (Å²) >= 11 is 0. The summed E-state index contributed by atoms with van der Waals surface area (Å²) in [7, 11) is 3.51. The Labute approximate surface area is 177 Å². The van der Waals surface area contributed by atoms with Crippen LogP contribution in [0.1, 0.15) is 5.69 Å². The number of hydrogen-bond donors (Lipinski definition) is 0. The maximum absolute atomic E-state index is 5.27. The Hall–Kier alpha value is -3.54. The van der Waals surface area contributed by atoms with Gasteiger partial charge in [-0.25, -0.2) is 4.68 Å². The van der Waals surface area contributed by atoms with Gasteiger partial charge in [-0.3, -0.25) is 4.99 Å². The molecular weight excluding hydrogens is 374 g/mol. The molecule has 0 saturated carbocycles. The van der Waals surface area contributed by atoms with Crippen LogP contribution in [0.15, 0.2) is 77.0 Å². The van der Waals surface area contributed by atoms with Crippen LogP contribution < -0.4 is 9.64 Å². The van der Waals surface area contributed by atoms with E-state index in [1.54, 1.807) is 7.11 Å². The summed E-state index contributed by atoms with van der Waals surface area (Å²) in [5.41, 5.74) is 4.39. The third kappa shape index (κ3) is 3.94. The minimum atomic E-state index is 0.840. The van der Waals surface area contributed by atoms with Gasteiger partial charge < -0.3 is 14.5 Å². The Kier molecular flexibility index (Phi) is 5.84. The zero-order chi connectivity index (χ0) is 20.9. The Morgan fingerprint density at radius 3 is 2.23 bits per heavy atom. The summed E-state index contributed by atoms with van der Waals surface area (Å²) in [6.07, 6.45) is 2.00. The molecule has 0 spiro atoms. The number of para-hydroxylation sites is 1. The number of aromatic nitrogens is 1. The predicted octanol–water partition coefficient (Wildman–Crippen LogP) is 3.83. The molecule has 6 nitrogen and oxygen atoms in total. The molecule has 154 valence electrons. The van der Waals surface area contributed by atoms with Crippen LogP contribution >= 0.6 is 0 Å². The first-order valence-electron chi connectivity index (χ1n) is 10.1. The molecule has 1 saturated heterocycles. The lowest BCUT2D eigenvalue weighted by atomic mass is 10.1. The van der Waals surface area contributed by atoms with Crippen molar-refractivity contribution in [2.75, 3.05) is 45.2 Å². The van der Waals surface area contributed by atoms with E-state index in [9.17, 15) is 0 Å². The minimum absolute atomic E-state index is 0.840. The van der Waals surface area contributed by atoms with Crippen molar-refractivity contribution < 1.29 is 4.74 Å². The average molecular weight is 402 g/mol. The summed E-state index contributed by atoms with van der Waals surface area (Å²) in [5, 5.41) is 4.20. The van der Waals surface area contributed by atoms with E-state index in [-0.39, 0.29) is 0 Å². The lowest BCUT2D eigenvalue weighted by Crippen LogP contribution is -2.49. The maximum atomic E-state index is 5.27. The van der Waals surface area contributed by atoms with Gasteiger partial charge in [0.05, 0.1) is 7.11 Å². The molecule has 2 heterocycles. The van der Waals surface area contributed by atoms with Gasteiger partial charge in [0.15, 0.2) is 0 Å². The predicted molar refractivity (Wildman–Crippen MR) is 124 cm³/mol. The lowest BCUT2D eigenvalue weighted by molar-refractivity contribution is 0.384. The Balaban J connectivity index is 1.54. The molecule has 1 aromatic heterocycles. The summed E-state index contributed by atoms with van der Waals surface area (Å²) in [6.45, 7) is 7.47. The van der Waals surface area contributed by atoms with Crippen LogP contribution in [-0.2, 0) is 0 Å². The first-order valence-corrected chi connectivity index (χ1v) is 10.1. The Morgan fingerprint density at radius 1 is 0.933 bits per heavy atom. The minimum Gasteiger partial charge on any atom is -0.497 e. The van der Waals surface area contributed by atoms with Crippen LogP contribution in [0.25, 0.3) is 11.1 Å². The van der Waals surface area contributed by atoms with Crippen molar-refractivity contribution in [3.63, 3.8) is 0 Å². The van der Waals surface area contributed by atoms with Crippen molar-refractivity contribution in [2.45, 2.75) is 0 Å². The largest absolute Gasteiger partial charge is 0.497 e. The number of benzene rings is 2. The smallest absolute Gasteiger partial charge is 0.149 e. The highest BCUT2D eigenvalue weighted by Gasteiger charge is 2.23. The van der Waals surface area contributed by atoms with Gasteiger partial charge in [-0.05, 0) is 35.9 Å². The quantitative estimate of drug-likeness (QED) is 0.482. The van der Waals surface area contributed by atoms with E-state index in [1.807, 2.05) is 42.2 Å². The molecule has 0 N–H and O–H groups in total. The number of amidine groups is 1. The molecule has 2 aromatic carbocycles. The summed E-state index contributed by atoms with van der Waals surface area (Å²) < 4.78 is 7.08. The van der Waals surface area contributed by atoms with Crippen molar-refractivity contribution in [2.24, 2.45) is 10.1 Å². The second kappa shape index (κ2) is 8.86. The van der Waals surface area contributed by atoms with Crippen molar-refractivity contribution in [1.29, 1.82) is 0 Å². The van der Waals surface area contributed by atoms with Crippen molar-refractivity contribution in [3.8, 4) is 16.9 Å². The molecule has 1 fully saturated rings. The number of rotatable bonds is 5. The zero-order valence-corrected chi connectivity index (χ0v) is 17.5. The number of piperazine rings is 1. The summed E-state index contributed by atoms with van der Waals surface area (Å²) in [4.78, 5) is 9.36. The van der Waals surface area contributed by atoms with Crippen LogP contribution in [-0.4, -0.2) is 62.5 Å². The fraction of sp³-hybridized carbons (Fsp3) is 0.250. The number of anilines is 1. The second-order valence-electron chi connectivity index (χ2n) is 7.19. The SMILES string of the molecule is C=Nn1cc(-c2ccc(OC)cc2)cc1C(=NC)N1CCN(c2ccccc2)CC1. The van der Waals surface area contributed by atoms with E-state index in [2.05, 4.69) is 63.0 Å². The molecule has 30 heavy (non-hydrogen) atoms. The van der Waals surface area contributed by atoms with Gasteiger partial charge in [0, 0.05) is 57.4 Å². The fourth-order valence-corrected chi connectivity index (χ4v) is 3.91. The molecule has 1 aliphatic rings. The monoisotopic (exact) mass is 401 g/mol. The lowest BCUT2D eigenvalue weighted by Gasteiger charge is -2.37. The first-order chi connectivity index (χ1) is 14.7. The molecule has 0 unspecified atom stereocenters. The van der Waals surface area contributed by atoms with Crippen molar-refractivity contribution >= 4 is 18.2 Å². The molecule has 6 heteroatoms. The van der Waals surface area contributed by atoms with E-state index < -0.39 is 0 Å². The van der Waals surface area contributed by atoms with E-state index in [0.717, 1.165) is 54.6 Å². The van der Waals surface area contributed by atoms with Gasteiger partial charge in [0.1, 0.15) is 17.3 Å². The second-order valence-corrected chi connectivity index (χ2v) is 7.19. The molecule has 0 bridgehead atoms. The molecule has 4 rings (SSSR count). The van der Waals surface area contributed by atoms with Gasteiger partial charge in [-0.1, -0.05) is 30.3 Å². The molecule has 0 aliphatic carbocycles. The average Bonchev–Trinajstić information content (AvgIpc) is 3.25. The molecule has 0 atom stereocenters. The van der Waals surface area contributed by atoms with Crippen LogP contribution in [0, 0.1) is 0 Å². The van der Waals surface area contributed by atoms with E-state index in [4.69, 9.17) is 4.74 Å². The van der Waals surface area contributed by atoms with Gasteiger partial charge in [-0.15, -0.1) is 0 Å². The standard InChI is InChI=1S/C24H27N5O/c1-25-24(28-15-13-27(14-16-28)21-7-5-4-6-8-21)23-17-20(18-29(23)26-2)19-9-11-22(30-3)12-10-19/h4-12,17-18H,2,13-16H2,1,3H3. The molecule has 0 radical (unpaired) electrons. The van der Waals surface area contributed by atoms with E-state index >= 15 is 0 Å². The highest BCUT2D eigenvalue weighted by molar-refractivity contribution is 5.99. The molecule has 1 aliphatic heterocycles.